The third-order valence-electron chi connectivity index (χ3n) is 6.34. The van der Waals surface area contributed by atoms with Crippen LogP contribution in [0.3, 0.4) is 0 Å². The monoisotopic (exact) mass is 450 g/mol. The fraction of sp³-hybridized carbons (Fsp3) is 0.280. The highest BCUT2D eigenvalue weighted by molar-refractivity contribution is 6.30. The Morgan fingerprint density at radius 3 is 2.47 bits per heavy atom. The minimum atomic E-state index is -0.233. The van der Waals surface area contributed by atoms with Gasteiger partial charge in [-0.25, -0.2) is 0 Å². The first-order valence-corrected chi connectivity index (χ1v) is 10.8. The summed E-state index contributed by atoms with van der Waals surface area (Å²) in [5.41, 5.74) is 5.37. The fourth-order valence-corrected chi connectivity index (χ4v) is 4.93. The van der Waals surface area contributed by atoms with Crippen LogP contribution in [0.25, 0.3) is 0 Å². The molecule has 1 aromatic heterocycles. The van der Waals surface area contributed by atoms with E-state index in [0.717, 1.165) is 33.7 Å². The molecule has 0 spiro atoms. The SMILES string of the molecule is COc1ccc([C@@H]2CC(=O)C3=C(C2)Nc2onc(C)c2[C@@H]3c2ccc(Cl)cc2)cc1OC. The van der Waals surface area contributed by atoms with Crippen LogP contribution in [0, 0.1) is 6.92 Å². The lowest BCUT2D eigenvalue weighted by Gasteiger charge is -2.34. The van der Waals surface area contributed by atoms with Crippen LogP contribution in [0.4, 0.5) is 5.88 Å². The molecule has 1 N–H and O–H groups in total. The first kappa shape index (κ1) is 20.6. The number of nitrogens with zero attached hydrogens (tertiary/aromatic N) is 1. The molecule has 0 fully saturated rings. The van der Waals surface area contributed by atoms with Crippen molar-refractivity contribution in [3.05, 3.63) is 81.1 Å². The number of carbonyl (C=O) groups excluding carboxylic acids is 1. The highest BCUT2D eigenvalue weighted by Gasteiger charge is 2.41. The Hall–Kier alpha value is -3.25. The molecule has 164 valence electrons. The highest BCUT2D eigenvalue weighted by atomic mass is 35.5. The van der Waals surface area contributed by atoms with Gasteiger partial charge in [0.05, 0.1) is 25.5 Å². The number of Topliss-reactive ketones (excluding diaryl/α,β-unsaturated/α-hetero) is 1. The van der Waals surface area contributed by atoms with Crippen molar-refractivity contribution in [2.24, 2.45) is 0 Å². The van der Waals surface area contributed by atoms with Crippen molar-refractivity contribution in [2.75, 3.05) is 19.5 Å². The van der Waals surface area contributed by atoms with Crippen molar-refractivity contribution in [1.82, 2.24) is 5.16 Å². The lowest BCUT2D eigenvalue weighted by atomic mass is 9.72. The van der Waals surface area contributed by atoms with E-state index < -0.39 is 0 Å². The Bertz CT molecular complexity index is 1230. The van der Waals surface area contributed by atoms with Gasteiger partial charge in [-0.15, -0.1) is 0 Å². The Morgan fingerprint density at radius 2 is 1.75 bits per heavy atom. The number of allylic oxidation sites excluding steroid dienone is 2. The predicted octanol–water partition coefficient (Wildman–Crippen LogP) is 5.61. The second-order valence-corrected chi connectivity index (χ2v) is 8.59. The molecule has 6 nitrogen and oxygen atoms in total. The molecule has 1 aliphatic carbocycles. The number of benzene rings is 2. The summed E-state index contributed by atoms with van der Waals surface area (Å²) < 4.78 is 16.4. The standard InChI is InChI=1S/C25H23ClN2O4/c1-13-22-23(14-4-7-17(26)8-5-14)24-18(27-25(22)32-28-13)10-16(11-19(24)29)15-6-9-20(30-2)21(12-15)31-3/h4-9,12,16,23,27H,10-11H2,1-3H3/t16-,23-/m0/s1. The van der Waals surface area contributed by atoms with Crippen LogP contribution in [-0.2, 0) is 4.79 Å². The number of carbonyl (C=O) groups is 1. The zero-order chi connectivity index (χ0) is 22.4. The van der Waals surface area contributed by atoms with Crippen molar-refractivity contribution in [2.45, 2.75) is 31.6 Å². The predicted molar refractivity (Wildman–Crippen MR) is 122 cm³/mol. The molecule has 0 amide bonds. The Kier molecular flexibility index (Phi) is 5.18. The zero-order valence-electron chi connectivity index (χ0n) is 18.1. The van der Waals surface area contributed by atoms with Crippen LogP contribution in [-0.4, -0.2) is 25.2 Å². The molecule has 2 aromatic carbocycles. The molecule has 3 aromatic rings. The molecule has 5 rings (SSSR count). The molecule has 7 heteroatoms. The number of anilines is 1. The summed E-state index contributed by atoms with van der Waals surface area (Å²) in [4.78, 5) is 13.6. The van der Waals surface area contributed by atoms with E-state index in [0.29, 0.717) is 35.2 Å². The van der Waals surface area contributed by atoms with E-state index in [1.807, 2.05) is 49.4 Å². The maximum Gasteiger partial charge on any atom is 0.233 e. The van der Waals surface area contributed by atoms with Crippen LogP contribution in [0.2, 0.25) is 5.02 Å². The van der Waals surface area contributed by atoms with Crippen LogP contribution >= 0.6 is 11.6 Å². The topological polar surface area (TPSA) is 73.6 Å². The number of halogens is 1. The zero-order valence-corrected chi connectivity index (χ0v) is 18.8. The van der Waals surface area contributed by atoms with Crippen molar-refractivity contribution >= 4 is 23.3 Å². The van der Waals surface area contributed by atoms with Crippen LogP contribution in [0.5, 0.6) is 11.5 Å². The molecule has 0 unspecified atom stereocenters. The average molecular weight is 451 g/mol. The number of aryl methyl sites for hydroxylation is 1. The maximum absolute atomic E-state index is 13.6. The summed E-state index contributed by atoms with van der Waals surface area (Å²) in [6.45, 7) is 1.90. The lowest BCUT2D eigenvalue weighted by Crippen LogP contribution is -2.29. The molecule has 2 heterocycles. The number of hydrogen-bond donors (Lipinski definition) is 1. The van der Waals surface area contributed by atoms with E-state index in [1.54, 1.807) is 14.2 Å². The summed E-state index contributed by atoms with van der Waals surface area (Å²) in [7, 11) is 3.22. The van der Waals surface area contributed by atoms with E-state index in [-0.39, 0.29) is 17.6 Å². The number of hydrogen-bond acceptors (Lipinski definition) is 6. The maximum atomic E-state index is 13.6. The Balaban J connectivity index is 1.57. The van der Waals surface area contributed by atoms with Gasteiger partial charge in [-0.05, 0) is 54.7 Å². The molecule has 0 saturated carbocycles. The second-order valence-electron chi connectivity index (χ2n) is 8.16. The quantitative estimate of drug-likeness (QED) is 0.556. The minimum Gasteiger partial charge on any atom is -0.493 e. The molecule has 2 atom stereocenters. The number of nitrogens with one attached hydrogen (secondary N) is 1. The fourth-order valence-electron chi connectivity index (χ4n) is 4.80. The van der Waals surface area contributed by atoms with E-state index in [9.17, 15) is 4.79 Å². The number of ketones is 1. The van der Waals surface area contributed by atoms with E-state index in [2.05, 4.69) is 10.5 Å². The van der Waals surface area contributed by atoms with Gasteiger partial charge in [0, 0.05) is 28.6 Å². The number of ether oxygens (including phenoxy) is 2. The first-order chi connectivity index (χ1) is 15.5. The molecule has 0 radical (unpaired) electrons. The van der Waals surface area contributed by atoms with Gasteiger partial charge in [0.2, 0.25) is 5.88 Å². The van der Waals surface area contributed by atoms with Crippen LogP contribution in [0.15, 0.2) is 58.3 Å². The summed E-state index contributed by atoms with van der Waals surface area (Å²) >= 11 is 6.12. The van der Waals surface area contributed by atoms with Crippen molar-refractivity contribution in [1.29, 1.82) is 0 Å². The summed E-state index contributed by atoms with van der Waals surface area (Å²) in [6, 6.07) is 13.5. The number of methoxy groups -OCH3 is 2. The van der Waals surface area contributed by atoms with E-state index in [1.165, 1.54) is 0 Å². The van der Waals surface area contributed by atoms with Gasteiger partial charge in [0.25, 0.3) is 0 Å². The van der Waals surface area contributed by atoms with Gasteiger partial charge in [-0.1, -0.05) is 35.0 Å². The van der Waals surface area contributed by atoms with Gasteiger partial charge >= 0.3 is 0 Å². The largest absolute Gasteiger partial charge is 0.493 e. The summed E-state index contributed by atoms with van der Waals surface area (Å²) in [5.74, 6) is 1.82. The third-order valence-corrected chi connectivity index (χ3v) is 6.59. The Morgan fingerprint density at radius 1 is 1.03 bits per heavy atom. The van der Waals surface area contributed by atoms with Gasteiger partial charge < -0.3 is 19.3 Å². The molecular formula is C25H23ClN2O4. The smallest absolute Gasteiger partial charge is 0.233 e. The van der Waals surface area contributed by atoms with Crippen molar-refractivity contribution < 1.29 is 18.8 Å². The molecule has 0 bridgehead atoms. The Labute approximate surface area is 191 Å². The molecule has 1 aliphatic heterocycles. The van der Waals surface area contributed by atoms with Gasteiger partial charge in [-0.2, -0.15) is 0 Å². The second kappa shape index (κ2) is 8.02. The summed E-state index contributed by atoms with van der Waals surface area (Å²) in [5, 5.41) is 8.18. The molecular weight excluding hydrogens is 428 g/mol. The number of aromatic nitrogens is 1. The number of rotatable bonds is 4. The molecule has 2 aliphatic rings. The van der Waals surface area contributed by atoms with Crippen LogP contribution < -0.4 is 14.8 Å². The van der Waals surface area contributed by atoms with Crippen molar-refractivity contribution in [3.8, 4) is 11.5 Å². The van der Waals surface area contributed by atoms with Crippen molar-refractivity contribution in [3.63, 3.8) is 0 Å². The van der Waals surface area contributed by atoms with Crippen LogP contribution in [0.1, 0.15) is 47.1 Å². The summed E-state index contributed by atoms with van der Waals surface area (Å²) in [6.07, 6.45) is 1.10. The lowest BCUT2D eigenvalue weighted by molar-refractivity contribution is -0.116. The first-order valence-electron chi connectivity index (χ1n) is 10.5. The van der Waals surface area contributed by atoms with E-state index in [4.69, 9.17) is 25.6 Å². The minimum absolute atomic E-state index is 0.0185. The van der Waals surface area contributed by atoms with Gasteiger partial charge in [0.15, 0.2) is 17.3 Å². The highest BCUT2D eigenvalue weighted by Crippen LogP contribution is 2.49. The number of fused-ring (bicyclic) bond motifs is 1. The average Bonchev–Trinajstić information content (AvgIpc) is 3.18. The van der Waals surface area contributed by atoms with Gasteiger partial charge in [0.1, 0.15) is 0 Å². The van der Waals surface area contributed by atoms with E-state index >= 15 is 0 Å². The third kappa shape index (κ3) is 3.35. The normalized spacial score (nSPS) is 19.8. The van der Waals surface area contributed by atoms with Gasteiger partial charge in [-0.3, -0.25) is 4.79 Å². The molecule has 32 heavy (non-hydrogen) atoms. The molecule has 0 saturated heterocycles.